The fourth-order valence-corrected chi connectivity index (χ4v) is 5.78. The second-order valence-corrected chi connectivity index (χ2v) is 10.4. The largest absolute Gasteiger partial charge is 0.496 e. The molecule has 0 radical (unpaired) electrons. The van der Waals surface area contributed by atoms with Crippen LogP contribution in [0.2, 0.25) is 0 Å². The summed E-state index contributed by atoms with van der Waals surface area (Å²) in [5.41, 5.74) is -0.825. The van der Waals surface area contributed by atoms with Gasteiger partial charge in [0.05, 0.1) is 25.0 Å². The number of benzene rings is 1. The van der Waals surface area contributed by atoms with E-state index in [1.807, 2.05) is 12.1 Å². The number of hydrogen-bond acceptors (Lipinski definition) is 7. The van der Waals surface area contributed by atoms with Gasteiger partial charge in [0.25, 0.3) is 5.91 Å². The second kappa shape index (κ2) is 9.19. The molecule has 2 saturated carbocycles. The SMILES string of the molecule is COc1cccc2[nH]c(C(=O)NC(CC3CC3)C(=O)NC3(C#N)C[C@H](C)[C@@H]4C(=O)NC(=O)[C@@H]4[C@@H]3O)cc12. The van der Waals surface area contributed by atoms with Crippen LogP contribution in [-0.2, 0) is 14.4 Å². The number of imide groups is 1. The molecule has 5 N–H and O–H groups in total. The van der Waals surface area contributed by atoms with Crippen molar-refractivity contribution in [2.45, 2.75) is 50.3 Å². The van der Waals surface area contributed by atoms with Crippen LogP contribution in [0, 0.1) is 35.0 Å². The Kier molecular flexibility index (Phi) is 6.15. The van der Waals surface area contributed by atoms with Gasteiger partial charge in [-0.05, 0) is 42.9 Å². The fraction of sp³-hybridized carbons (Fsp3) is 0.500. The first-order valence-corrected chi connectivity index (χ1v) is 12.4. The van der Waals surface area contributed by atoms with E-state index in [1.165, 1.54) is 7.11 Å². The van der Waals surface area contributed by atoms with Gasteiger partial charge in [-0.15, -0.1) is 0 Å². The van der Waals surface area contributed by atoms with Gasteiger partial charge >= 0.3 is 0 Å². The molecule has 2 heterocycles. The monoisotopic (exact) mass is 507 g/mol. The Bertz CT molecular complexity index is 1330. The van der Waals surface area contributed by atoms with Crippen LogP contribution >= 0.6 is 0 Å². The van der Waals surface area contributed by atoms with Crippen LogP contribution in [0.15, 0.2) is 24.3 Å². The highest BCUT2D eigenvalue weighted by Gasteiger charge is 2.60. The number of hydrogen-bond donors (Lipinski definition) is 5. The molecule has 1 aliphatic heterocycles. The topological polar surface area (TPSA) is 173 Å². The molecule has 2 aliphatic carbocycles. The summed E-state index contributed by atoms with van der Waals surface area (Å²) < 4.78 is 5.35. The summed E-state index contributed by atoms with van der Waals surface area (Å²) in [6.45, 7) is 1.72. The molecular formula is C26H29N5O6. The maximum absolute atomic E-state index is 13.5. The molecule has 0 spiro atoms. The summed E-state index contributed by atoms with van der Waals surface area (Å²) in [6, 6.07) is 8.08. The molecule has 1 saturated heterocycles. The highest BCUT2D eigenvalue weighted by Crippen LogP contribution is 2.43. The Hall–Kier alpha value is -3.91. The first-order valence-electron chi connectivity index (χ1n) is 12.4. The van der Waals surface area contributed by atoms with E-state index < -0.39 is 59.1 Å². The number of methoxy groups -OCH3 is 1. The molecule has 1 aromatic carbocycles. The van der Waals surface area contributed by atoms with Gasteiger partial charge in [-0.2, -0.15) is 5.26 Å². The Labute approximate surface area is 212 Å². The third-order valence-corrected chi connectivity index (χ3v) is 7.86. The van der Waals surface area contributed by atoms with Crippen molar-refractivity contribution in [2.75, 3.05) is 7.11 Å². The minimum absolute atomic E-state index is 0.00974. The molecule has 2 unspecified atom stereocenters. The van der Waals surface area contributed by atoms with Gasteiger partial charge in [-0.3, -0.25) is 24.5 Å². The number of aromatic nitrogens is 1. The highest BCUT2D eigenvalue weighted by atomic mass is 16.5. The van der Waals surface area contributed by atoms with Gasteiger partial charge < -0.3 is 25.5 Å². The zero-order chi connectivity index (χ0) is 26.5. The van der Waals surface area contributed by atoms with E-state index in [0.29, 0.717) is 17.7 Å². The lowest BCUT2D eigenvalue weighted by Gasteiger charge is -2.44. The molecule has 5 rings (SSSR count). The Morgan fingerprint density at radius 2 is 2.00 bits per heavy atom. The summed E-state index contributed by atoms with van der Waals surface area (Å²) in [4.78, 5) is 54.3. The lowest BCUT2D eigenvalue weighted by Crippen LogP contribution is -2.66. The number of aliphatic hydroxyl groups is 1. The molecule has 37 heavy (non-hydrogen) atoms. The number of carbonyl (C=O) groups excluding carboxylic acids is 4. The van der Waals surface area contributed by atoms with Crippen LogP contribution in [0.5, 0.6) is 5.75 Å². The predicted molar refractivity (Wildman–Crippen MR) is 130 cm³/mol. The summed E-state index contributed by atoms with van der Waals surface area (Å²) in [7, 11) is 1.54. The lowest BCUT2D eigenvalue weighted by atomic mass is 9.64. The van der Waals surface area contributed by atoms with Crippen LogP contribution < -0.4 is 20.7 Å². The molecule has 1 aromatic heterocycles. The van der Waals surface area contributed by atoms with Gasteiger partial charge in [0.15, 0.2) is 5.54 Å². The minimum Gasteiger partial charge on any atom is -0.496 e. The number of rotatable bonds is 7. The quantitative estimate of drug-likeness (QED) is 0.344. The van der Waals surface area contributed by atoms with Gasteiger partial charge in [-0.25, -0.2) is 0 Å². The van der Waals surface area contributed by atoms with E-state index in [4.69, 9.17) is 4.74 Å². The normalized spacial score (nSPS) is 29.7. The molecule has 11 nitrogen and oxygen atoms in total. The van der Waals surface area contributed by atoms with Crippen LogP contribution in [-0.4, -0.2) is 58.5 Å². The van der Waals surface area contributed by atoms with Crippen LogP contribution in [0.3, 0.4) is 0 Å². The molecular weight excluding hydrogens is 478 g/mol. The standard InChI is InChI=1S/C26H29N5O6/c1-12-10-26(11-27,21(32)20-19(12)24(35)30-25(20)36)31-23(34)16(8-13-6-7-13)29-22(33)17-9-14-15(28-17)4-3-5-18(14)37-2/h3-5,9,12-13,16,19-21,28,32H,6-8,10H2,1-2H3,(H,29,33)(H,31,34)(H,30,35,36)/t12-,16?,19-,20-,21-,26?/m0/s1. The number of nitriles is 1. The Morgan fingerprint density at radius 3 is 2.68 bits per heavy atom. The van der Waals surface area contributed by atoms with E-state index >= 15 is 0 Å². The molecule has 3 aliphatic rings. The zero-order valence-electron chi connectivity index (χ0n) is 20.5. The Balaban J connectivity index is 1.37. The molecule has 194 valence electrons. The minimum atomic E-state index is -1.78. The number of aromatic amines is 1. The first-order chi connectivity index (χ1) is 17.7. The smallest absolute Gasteiger partial charge is 0.268 e. The van der Waals surface area contributed by atoms with Gasteiger partial charge in [0, 0.05) is 10.9 Å². The molecule has 4 amide bonds. The third kappa shape index (κ3) is 4.31. The summed E-state index contributed by atoms with van der Waals surface area (Å²) in [5.74, 6) is -3.71. The fourth-order valence-electron chi connectivity index (χ4n) is 5.78. The van der Waals surface area contributed by atoms with Crippen molar-refractivity contribution in [3.63, 3.8) is 0 Å². The Morgan fingerprint density at radius 1 is 1.27 bits per heavy atom. The lowest BCUT2D eigenvalue weighted by molar-refractivity contribution is -0.138. The summed E-state index contributed by atoms with van der Waals surface area (Å²) in [6.07, 6.45) is 0.646. The summed E-state index contributed by atoms with van der Waals surface area (Å²) >= 11 is 0. The van der Waals surface area contributed by atoms with E-state index in [0.717, 1.165) is 18.2 Å². The van der Waals surface area contributed by atoms with Gasteiger partial charge in [0.1, 0.15) is 23.6 Å². The molecule has 0 bridgehead atoms. The van der Waals surface area contributed by atoms with E-state index in [2.05, 4.69) is 20.9 Å². The molecule has 11 heteroatoms. The number of carbonyl (C=O) groups is 4. The first kappa shape index (κ1) is 24.8. The van der Waals surface area contributed by atoms with E-state index in [1.54, 1.807) is 25.1 Å². The van der Waals surface area contributed by atoms with E-state index in [-0.39, 0.29) is 18.0 Å². The summed E-state index contributed by atoms with van der Waals surface area (Å²) in [5, 5.41) is 29.5. The second-order valence-electron chi connectivity index (χ2n) is 10.4. The van der Waals surface area contributed by atoms with Crippen molar-refractivity contribution < 1.29 is 29.0 Å². The number of amides is 4. The number of nitrogens with one attached hydrogen (secondary N) is 4. The van der Waals surface area contributed by atoms with Crippen molar-refractivity contribution >= 4 is 34.5 Å². The molecule has 2 aromatic rings. The highest BCUT2D eigenvalue weighted by molar-refractivity contribution is 6.06. The third-order valence-electron chi connectivity index (χ3n) is 7.86. The van der Waals surface area contributed by atoms with Crippen molar-refractivity contribution in [1.29, 1.82) is 5.26 Å². The predicted octanol–water partition coefficient (Wildman–Crippen LogP) is 0.743. The van der Waals surface area contributed by atoms with Crippen LogP contribution in [0.1, 0.15) is 43.1 Å². The average molecular weight is 508 g/mol. The number of nitrogens with zero attached hydrogens (tertiary/aromatic N) is 1. The van der Waals surface area contributed by atoms with Gasteiger partial charge in [-0.1, -0.05) is 25.8 Å². The van der Waals surface area contributed by atoms with Crippen molar-refractivity contribution in [3.05, 3.63) is 30.0 Å². The van der Waals surface area contributed by atoms with Crippen molar-refractivity contribution in [2.24, 2.45) is 23.7 Å². The van der Waals surface area contributed by atoms with Crippen LogP contribution in [0.4, 0.5) is 0 Å². The average Bonchev–Trinajstić information content (AvgIpc) is 3.48. The van der Waals surface area contributed by atoms with E-state index in [9.17, 15) is 29.5 Å². The van der Waals surface area contributed by atoms with Crippen LogP contribution in [0.25, 0.3) is 10.9 Å². The number of H-pyrrole nitrogens is 1. The van der Waals surface area contributed by atoms with Crippen molar-refractivity contribution in [3.8, 4) is 11.8 Å². The molecule has 3 fully saturated rings. The number of fused-ring (bicyclic) bond motifs is 2. The maximum Gasteiger partial charge on any atom is 0.268 e. The number of aliphatic hydroxyl groups excluding tert-OH is 1. The number of ether oxygens (including phenoxy) is 1. The van der Waals surface area contributed by atoms with Crippen molar-refractivity contribution in [1.82, 2.24) is 20.9 Å². The zero-order valence-corrected chi connectivity index (χ0v) is 20.5. The maximum atomic E-state index is 13.5. The molecule has 6 atom stereocenters. The van der Waals surface area contributed by atoms with Gasteiger partial charge in [0.2, 0.25) is 17.7 Å².